The molecule has 1 fully saturated rings. The maximum absolute atomic E-state index is 12.7. The van der Waals surface area contributed by atoms with Crippen molar-refractivity contribution < 1.29 is 14.8 Å². The molecule has 134 valence electrons. The van der Waals surface area contributed by atoms with Crippen molar-refractivity contribution in [2.24, 2.45) is 0 Å². The standard InChI is InChI=1S/C19H19N3O4/c23-18-8-7-16(22(25)26)12-14(18)6-9-19(24)21-11-2-1-5-17(21)15-4-3-10-20-13-15/h3-4,6-10,12-13,17,23H,1-2,5,11H2/b9-6+/t17-/m0/s1. The maximum atomic E-state index is 12.7. The number of piperidine rings is 1. The van der Waals surface area contributed by atoms with Gasteiger partial charge in [0.2, 0.25) is 5.91 Å². The molecule has 0 aliphatic carbocycles. The molecule has 7 nitrogen and oxygen atoms in total. The number of rotatable bonds is 4. The van der Waals surface area contributed by atoms with Gasteiger partial charge in [-0.3, -0.25) is 19.9 Å². The van der Waals surface area contributed by atoms with Gasteiger partial charge >= 0.3 is 0 Å². The van der Waals surface area contributed by atoms with Gasteiger partial charge in [-0.15, -0.1) is 0 Å². The van der Waals surface area contributed by atoms with Gasteiger partial charge in [-0.2, -0.15) is 0 Å². The minimum atomic E-state index is -0.540. The second-order valence-electron chi connectivity index (χ2n) is 6.16. The van der Waals surface area contributed by atoms with E-state index in [2.05, 4.69) is 4.98 Å². The van der Waals surface area contributed by atoms with Crippen molar-refractivity contribution in [3.63, 3.8) is 0 Å². The average Bonchev–Trinajstić information content (AvgIpc) is 2.67. The first-order chi connectivity index (χ1) is 12.6. The molecular formula is C19H19N3O4. The highest BCUT2D eigenvalue weighted by Gasteiger charge is 2.26. The van der Waals surface area contributed by atoms with Crippen molar-refractivity contribution in [3.05, 3.63) is 70.0 Å². The molecule has 0 bridgehead atoms. The fourth-order valence-electron chi connectivity index (χ4n) is 3.16. The fraction of sp³-hybridized carbons (Fsp3) is 0.263. The van der Waals surface area contributed by atoms with E-state index in [0.717, 1.165) is 24.8 Å². The van der Waals surface area contributed by atoms with Crippen LogP contribution in [0, 0.1) is 10.1 Å². The molecule has 1 aromatic heterocycles. The molecule has 0 radical (unpaired) electrons. The van der Waals surface area contributed by atoms with E-state index >= 15 is 0 Å². The van der Waals surface area contributed by atoms with E-state index in [9.17, 15) is 20.0 Å². The van der Waals surface area contributed by atoms with Crippen LogP contribution in [0.25, 0.3) is 6.08 Å². The van der Waals surface area contributed by atoms with Crippen molar-refractivity contribution in [1.29, 1.82) is 0 Å². The number of nitrogens with zero attached hydrogens (tertiary/aromatic N) is 3. The number of pyridine rings is 1. The number of phenols is 1. The number of amides is 1. The molecule has 2 heterocycles. The minimum absolute atomic E-state index is 0.0340. The number of hydrogen-bond acceptors (Lipinski definition) is 5. The lowest BCUT2D eigenvalue weighted by Gasteiger charge is -2.35. The average molecular weight is 353 g/mol. The summed E-state index contributed by atoms with van der Waals surface area (Å²) < 4.78 is 0. The number of non-ortho nitro benzene ring substituents is 1. The number of benzene rings is 1. The zero-order valence-corrected chi connectivity index (χ0v) is 14.1. The van der Waals surface area contributed by atoms with Crippen LogP contribution < -0.4 is 0 Å². The normalized spacial score (nSPS) is 17.4. The van der Waals surface area contributed by atoms with Gasteiger partial charge in [0.05, 0.1) is 11.0 Å². The van der Waals surface area contributed by atoms with Gasteiger partial charge in [0, 0.05) is 42.7 Å². The predicted octanol–water partition coefficient (Wildman–Crippen LogP) is 3.46. The molecule has 0 unspecified atom stereocenters. The lowest BCUT2D eigenvalue weighted by atomic mass is 9.96. The van der Waals surface area contributed by atoms with E-state index in [1.807, 2.05) is 12.1 Å². The SMILES string of the molecule is O=C(/C=C/c1cc([N+](=O)[O-])ccc1O)N1CCCC[C@H]1c1cccnc1. The van der Waals surface area contributed by atoms with Gasteiger partial charge in [0.1, 0.15) is 5.75 Å². The Morgan fingerprint density at radius 1 is 1.35 bits per heavy atom. The first-order valence-corrected chi connectivity index (χ1v) is 8.42. The topological polar surface area (TPSA) is 96.6 Å². The van der Waals surface area contributed by atoms with Crippen LogP contribution in [0.1, 0.15) is 36.4 Å². The number of carbonyl (C=O) groups is 1. The van der Waals surface area contributed by atoms with Gasteiger partial charge in [-0.25, -0.2) is 0 Å². The number of nitro benzene ring substituents is 1. The van der Waals surface area contributed by atoms with Crippen LogP contribution in [-0.2, 0) is 4.79 Å². The summed E-state index contributed by atoms with van der Waals surface area (Å²) in [6.45, 7) is 0.643. The van der Waals surface area contributed by atoms with Crippen molar-refractivity contribution >= 4 is 17.7 Å². The molecule has 26 heavy (non-hydrogen) atoms. The molecule has 1 N–H and O–H groups in total. The summed E-state index contributed by atoms with van der Waals surface area (Å²) in [4.78, 5) is 28.9. The van der Waals surface area contributed by atoms with Gasteiger partial charge in [0.15, 0.2) is 0 Å². The van der Waals surface area contributed by atoms with Crippen LogP contribution >= 0.6 is 0 Å². The number of phenolic OH excluding ortho intramolecular Hbond substituents is 1. The van der Waals surface area contributed by atoms with Crippen LogP contribution in [0.4, 0.5) is 5.69 Å². The number of nitro groups is 1. The monoisotopic (exact) mass is 353 g/mol. The summed E-state index contributed by atoms with van der Waals surface area (Å²) in [5.74, 6) is -0.299. The van der Waals surface area contributed by atoms with Crippen LogP contribution in [-0.4, -0.2) is 32.4 Å². The van der Waals surface area contributed by atoms with Gasteiger partial charge in [-0.05, 0) is 43.0 Å². The van der Waals surface area contributed by atoms with Gasteiger partial charge in [-0.1, -0.05) is 6.07 Å². The lowest BCUT2D eigenvalue weighted by Crippen LogP contribution is -2.37. The molecule has 1 aliphatic heterocycles. The Morgan fingerprint density at radius 3 is 2.92 bits per heavy atom. The van der Waals surface area contributed by atoms with Crippen molar-refractivity contribution in [1.82, 2.24) is 9.88 Å². The van der Waals surface area contributed by atoms with Crippen LogP contribution in [0.3, 0.4) is 0 Å². The summed E-state index contributed by atoms with van der Waals surface area (Å²) in [7, 11) is 0. The van der Waals surface area contributed by atoms with E-state index in [4.69, 9.17) is 0 Å². The largest absolute Gasteiger partial charge is 0.507 e. The second-order valence-corrected chi connectivity index (χ2v) is 6.16. The van der Waals surface area contributed by atoms with E-state index < -0.39 is 4.92 Å². The van der Waals surface area contributed by atoms with Crippen LogP contribution in [0.2, 0.25) is 0 Å². The molecule has 2 aromatic rings. The Hall–Kier alpha value is -3.22. The van der Waals surface area contributed by atoms with E-state index in [0.29, 0.717) is 6.54 Å². The maximum Gasteiger partial charge on any atom is 0.270 e. The van der Waals surface area contributed by atoms with Crippen LogP contribution in [0.15, 0.2) is 48.8 Å². The molecule has 1 atom stereocenters. The number of likely N-dealkylation sites (tertiary alicyclic amines) is 1. The zero-order valence-electron chi connectivity index (χ0n) is 14.1. The summed E-state index contributed by atoms with van der Waals surface area (Å²) >= 11 is 0. The summed E-state index contributed by atoms with van der Waals surface area (Å²) in [6, 6.07) is 7.49. The summed E-state index contributed by atoms with van der Waals surface area (Å²) in [6.07, 6.45) is 9.08. The Bertz CT molecular complexity index is 836. The predicted molar refractivity (Wildman–Crippen MR) is 96.3 cm³/mol. The number of aromatic nitrogens is 1. The highest BCUT2D eigenvalue weighted by Crippen LogP contribution is 2.31. The van der Waals surface area contributed by atoms with Crippen molar-refractivity contribution in [2.45, 2.75) is 25.3 Å². The Kier molecular flexibility index (Phi) is 5.26. The molecule has 1 aromatic carbocycles. The van der Waals surface area contributed by atoms with E-state index in [-0.39, 0.29) is 28.9 Å². The molecule has 7 heteroatoms. The highest BCUT2D eigenvalue weighted by molar-refractivity contribution is 5.92. The third-order valence-electron chi connectivity index (χ3n) is 4.48. The molecular weight excluding hydrogens is 334 g/mol. The summed E-state index contributed by atoms with van der Waals surface area (Å²) in [5.41, 5.74) is 1.09. The Morgan fingerprint density at radius 2 is 2.19 bits per heavy atom. The molecule has 1 amide bonds. The third kappa shape index (κ3) is 3.88. The highest BCUT2D eigenvalue weighted by atomic mass is 16.6. The third-order valence-corrected chi connectivity index (χ3v) is 4.48. The first-order valence-electron chi connectivity index (χ1n) is 8.42. The zero-order chi connectivity index (χ0) is 18.5. The molecule has 1 saturated heterocycles. The van der Waals surface area contributed by atoms with Gasteiger partial charge in [0.25, 0.3) is 5.69 Å². The Labute approximate surface area is 150 Å². The van der Waals surface area contributed by atoms with E-state index in [1.54, 1.807) is 17.3 Å². The molecule has 1 aliphatic rings. The molecule has 0 spiro atoms. The smallest absolute Gasteiger partial charge is 0.270 e. The fourth-order valence-corrected chi connectivity index (χ4v) is 3.16. The minimum Gasteiger partial charge on any atom is -0.507 e. The van der Waals surface area contributed by atoms with Crippen molar-refractivity contribution in [3.8, 4) is 5.75 Å². The van der Waals surface area contributed by atoms with E-state index in [1.165, 1.54) is 30.4 Å². The van der Waals surface area contributed by atoms with Gasteiger partial charge < -0.3 is 10.0 Å². The Balaban J connectivity index is 1.81. The molecule has 0 saturated carbocycles. The van der Waals surface area contributed by atoms with Crippen molar-refractivity contribution in [2.75, 3.05) is 6.54 Å². The van der Waals surface area contributed by atoms with Crippen LogP contribution in [0.5, 0.6) is 5.75 Å². The number of aromatic hydroxyl groups is 1. The first kappa shape index (κ1) is 17.6. The number of carbonyl (C=O) groups excluding carboxylic acids is 1. The quantitative estimate of drug-likeness (QED) is 0.516. The molecule has 3 rings (SSSR count). The number of hydrogen-bond donors (Lipinski definition) is 1. The lowest BCUT2D eigenvalue weighted by molar-refractivity contribution is -0.384. The summed E-state index contributed by atoms with van der Waals surface area (Å²) in [5, 5.41) is 20.7. The second kappa shape index (κ2) is 7.77.